The minimum Gasteiger partial charge on any atom is -0.334 e. The molecule has 0 fully saturated rings. The molecular formula is C20H19N7O5. The predicted octanol–water partition coefficient (Wildman–Crippen LogP) is 3.34. The standard InChI is InChI=1S/C20H19N7O5/c1-12-3-6-15(9-13(12)2)23-19-18(27(31)32)20(22-11-21-19)25-24-17(28)10-14-4-7-16(8-5-14)26(29)30/h3-9,11H,10H2,1-2H3,(H,24,28)(H2,21,22,23,25). The molecule has 0 aliphatic rings. The summed E-state index contributed by atoms with van der Waals surface area (Å²) in [7, 11) is 0. The van der Waals surface area contributed by atoms with Crippen LogP contribution in [0.2, 0.25) is 0 Å². The van der Waals surface area contributed by atoms with Crippen molar-refractivity contribution in [2.75, 3.05) is 10.7 Å². The van der Waals surface area contributed by atoms with Crippen LogP contribution < -0.4 is 16.2 Å². The highest BCUT2D eigenvalue weighted by Crippen LogP contribution is 2.31. The van der Waals surface area contributed by atoms with E-state index in [9.17, 15) is 25.0 Å². The Kier molecular flexibility index (Phi) is 6.53. The van der Waals surface area contributed by atoms with Crippen LogP contribution in [0.1, 0.15) is 16.7 Å². The van der Waals surface area contributed by atoms with Gasteiger partial charge in [0, 0.05) is 17.8 Å². The van der Waals surface area contributed by atoms with Gasteiger partial charge >= 0.3 is 5.69 Å². The summed E-state index contributed by atoms with van der Waals surface area (Å²) in [5.41, 5.74) is 7.48. The molecule has 0 saturated carbocycles. The molecule has 1 heterocycles. The van der Waals surface area contributed by atoms with Crippen molar-refractivity contribution in [1.29, 1.82) is 0 Å². The zero-order chi connectivity index (χ0) is 23.3. The zero-order valence-corrected chi connectivity index (χ0v) is 17.2. The van der Waals surface area contributed by atoms with Gasteiger partial charge in [-0.05, 0) is 42.7 Å². The van der Waals surface area contributed by atoms with E-state index in [4.69, 9.17) is 0 Å². The quantitative estimate of drug-likeness (QED) is 0.354. The number of nitrogens with zero attached hydrogens (tertiary/aromatic N) is 4. The van der Waals surface area contributed by atoms with E-state index in [0.29, 0.717) is 11.3 Å². The summed E-state index contributed by atoms with van der Waals surface area (Å²) in [5.74, 6) is -0.760. The number of nitro benzene ring substituents is 1. The number of aromatic nitrogens is 2. The second-order valence-electron chi connectivity index (χ2n) is 6.87. The number of hydrogen-bond acceptors (Lipinski definition) is 9. The van der Waals surface area contributed by atoms with Gasteiger partial charge in [-0.15, -0.1) is 0 Å². The molecule has 2 aromatic carbocycles. The Hall–Kier alpha value is -4.61. The van der Waals surface area contributed by atoms with Crippen molar-refractivity contribution in [3.63, 3.8) is 0 Å². The number of benzene rings is 2. The highest BCUT2D eigenvalue weighted by Gasteiger charge is 2.23. The van der Waals surface area contributed by atoms with Crippen LogP contribution in [0.5, 0.6) is 0 Å². The van der Waals surface area contributed by atoms with E-state index in [1.165, 1.54) is 24.3 Å². The van der Waals surface area contributed by atoms with Crippen molar-refractivity contribution in [2.24, 2.45) is 0 Å². The summed E-state index contributed by atoms with van der Waals surface area (Å²) in [4.78, 5) is 41.2. The fourth-order valence-electron chi connectivity index (χ4n) is 2.78. The van der Waals surface area contributed by atoms with Crippen molar-refractivity contribution in [3.8, 4) is 0 Å². The molecule has 12 nitrogen and oxygen atoms in total. The minimum atomic E-state index is -0.659. The van der Waals surface area contributed by atoms with Gasteiger partial charge < -0.3 is 5.32 Å². The summed E-state index contributed by atoms with van der Waals surface area (Å²) in [6.07, 6.45) is 1.03. The van der Waals surface area contributed by atoms with Crippen LogP contribution in [0.3, 0.4) is 0 Å². The predicted molar refractivity (Wildman–Crippen MR) is 116 cm³/mol. The van der Waals surface area contributed by atoms with E-state index in [1.807, 2.05) is 26.0 Å². The largest absolute Gasteiger partial charge is 0.355 e. The highest BCUT2D eigenvalue weighted by atomic mass is 16.6. The molecule has 0 radical (unpaired) electrons. The first-order valence-electron chi connectivity index (χ1n) is 9.36. The Labute approximate surface area is 182 Å². The second-order valence-corrected chi connectivity index (χ2v) is 6.87. The fourth-order valence-corrected chi connectivity index (χ4v) is 2.78. The van der Waals surface area contributed by atoms with Gasteiger partial charge in [-0.3, -0.25) is 35.9 Å². The van der Waals surface area contributed by atoms with Gasteiger partial charge in [0.1, 0.15) is 6.33 Å². The van der Waals surface area contributed by atoms with E-state index in [-0.39, 0.29) is 23.7 Å². The number of aryl methyl sites for hydroxylation is 2. The average Bonchev–Trinajstić information content (AvgIpc) is 2.75. The third-order valence-electron chi connectivity index (χ3n) is 4.61. The Morgan fingerprint density at radius 2 is 1.62 bits per heavy atom. The summed E-state index contributed by atoms with van der Waals surface area (Å²) in [5, 5.41) is 25.3. The monoisotopic (exact) mass is 437 g/mol. The summed E-state index contributed by atoms with van der Waals surface area (Å²) >= 11 is 0. The van der Waals surface area contributed by atoms with E-state index in [0.717, 1.165) is 17.5 Å². The molecule has 12 heteroatoms. The van der Waals surface area contributed by atoms with Gasteiger partial charge in [-0.1, -0.05) is 18.2 Å². The molecule has 1 amide bonds. The molecule has 3 N–H and O–H groups in total. The van der Waals surface area contributed by atoms with Gasteiger partial charge in [0.2, 0.25) is 17.5 Å². The normalized spacial score (nSPS) is 10.3. The molecule has 32 heavy (non-hydrogen) atoms. The Balaban J connectivity index is 1.72. The number of non-ortho nitro benzene ring substituents is 1. The van der Waals surface area contributed by atoms with Gasteiger partial charge in [-0.25, -0.2) is 9.97 Å². The molecule has 164 valence electrons. The Morgan fingerprint density at radius 1 is 0.938 bits per heavy atom. The van der Waals surface area contributed by atoms with Crippen molar-refractivity contribution < 1.29 is 14.6 Å². The summed E-state index contributed by atoms with van der Waals surface area (Å²) in [6, 6.07) is 11.0. The molecule has 1 aromatic heterocycles. The third-order valence-corrected chi connectivity index (χ3v) is 4.61. The lowest BCUT2D eigenvalue weighted by atomic mass is 10.1. The first kappa shape index (κ1) is 22.1. The first-order chi connectivity index (χ1) is 15.2. The van der Waals surface area contributed by atoms with Crippen LogP contribution in [-0.4, -0.2) is 25.7 Å². The Morgan fingerprint density at radius 3 is 2.25 bits per heavy atom. The van der Waals surface area contributed by atoms with E-state index < -0.39 is 21.4 Å². The molecule has 0 unspecified atom stereocenters. The van der Waals surface area contributed by atoms with Crippen LogP contribution >= 0.6 is 0 Å². The molecule has 3 rings (SSSR count). The molecule has 0 spiro atoms. The molecule has 0 aliphatic carbocycles. The molecular weight excluding hydrogens is 418 g/mol. The third kappa shape index (κ3) is 5.30. The SMILES string of the molecule is Cc1ccc(Nc2ncnc(NNC(=O)Cc3ccc([N+](=O)[O-])cc3)c2[N+](=O)[O-])cc1C. The van der Waals surface area contributed by atoms with E-state index in [2.05, 4.69) is 26.1 Å². The first-order valence-corrected chi connectivity index (χ1v) is 9.36. The number of amides is 1. The number of nitro groups is 2. The van der Waals surface area contributed by atoms with Gasteiger partial charge in [0.25, 0.3) is 5.69 Å². The molecule has 0 bridgehead atoms. The number of hydrazine groups is 1. The maximum absolute atomic E-state index is 12.2. The highest BCUT2D eigenvalue weighted by molar-refractivity contribution is 5.81. The lowest BCUT2D eigenvalue weighted by Crippen LogP contribution is -2.31. The van der Waals surface area contributed by atoms with Crippen LogP contribution in [0.4, 0.5) is 28.7 Å². The number of anilines is 3. The van der Waals surface area contributed by atoms with Gasteiger partial charge in [0.15, 0.2) is 0 Å². The molecule has 0 saturated heterocycles. The van der Waals surface area contributed by atoms with Crippen LogP contribution in [-0.2, 0) is 11.2 Å². The average molecular weight is 437 g/mol. The van der Waals surface area contributed by atoms with E-state index >= 15 is 0 Å². The maximum atomic E-state index is 12.2. The second kappa shape index (κ2) is 9.47. The van der Waals surface area contributed by atoms with Crippen molar-refractivity contribution in [1.82, 2.24) is 15.4 Å². The summed E-state index contributed by atoms with van der Waals surface area (Å²) in [6.45, 7) is 3.87. The fraction of sp³-hybridized carbons (Fsp3) is 0.150. The number of carbonyl (C=O) groups is 1. The molecule has 3 aromatic rings. The van der Waals surface area contributed by atoms with Crippen LogP contribution in [0.25, 0.3) is 0 Å². The lowest BCUT2D eigenvalue weighted by Gasteiger charge is -2.12. The van der Waals surface area contributed by atoms with Crippen LogP contribution in [0, 0.1) is 34.1 Å². The number of nitrogens with one attached hydrogen (secondary N) is 3. The van der Waals surface area contributed by atoms with Crippen molar-refractivity contribution >= 4 is 34.6 Å². The van der Waals surface area contributed by atoms with Gasteiger partial charge in [0.05, 0.1) is 16.3 Å². The smallest absolute Gasteiger partial charge is 0.334 e. The van der Waals surface area contributed by atoms with Gasteiger partial charge in [-0.2, -0.15) is 0 Å². The number of carbonyl (C=O) groups excluding carboxylic acids is 1. The number of hydrogen-bond donors (Lipinski definition) is 3. The molecule has 0 atom stereocenters. The van der Waals surface area contributed by atoms with Crippen molar-refractivity contribution in [3.05, 3.63) is 85.7 Å². The van der Waals surface area contributed by atoms with E-state index in [1.54, 1.807) is 6.07 Å². The summed E-state index contributed by atoms with van der Waals surface area (Å²) < 4.78 is 0. The minimum absolute atomic E-state index is 0.0413. The Bertz CT molecular complexity index is 1180. The number of rotatable bonds is 8. The van der Waals surface area contributed by atoms with Crippen LogP contribution in [0.15, 0.2) is 48.8 Å². The lowest BCUT2D eigenvalue weighted by molar-refractivity contribution is -0.384. The van der Waals surface area contributed by atoms with Crippen molar-refractivity contribution in [2.45, 2.75) is 20.3 Å². The maximum Gasteiger partial charge on any atom is 0.355 e. The topological polar surface area (TPSA) is 165 Å². The molecule has 0 aliphatic heterocycles. The zero-order valence-electron chi connectivity index (χ0n) is 17.2.